The fraction of sp³-hybridized carbons (Fsp3) is 0.357. The first-order chi connectivity index (χ1) is 9.90. The van der Waals surface area contributed by atoms with Crippen LogP contribution in [0.2, 0.25) is 0 Å². The lowest BCUT2D eigenvalue weighted by atomic mass is 10.1. The van der Waals surface area contributed by atoms with Crippen LogP contribution in [0.1, 0.15) is 36.4 Å². The molecule has 0 fully saturated rings. The Bertz CT molecular complexity index is 682. The molecule has 0 aliphatic carbocycles. The highest BCUT2D eigenvalue weighted by Gasteiger charge is 2.17. The normalized spacial score (nSPS) is 14.8. The Kier molecular flexibility index (Phi) is 5.10. The molecule has 0 spiro atoms. The summed E-state index contributed by atoms with van der Waals surface area (Å²) in [4.78, 5) is 4.43. The van der Waals surface area contributed by atoms with Gasteiger partial charge in [0.1, 0.15) is 0 Å². The van der Waals surface area contributed by atoms with Crippen molar-refractivity contribution in [2.75, 3.05) is 6.54 Å². The van der Waals surface area contributed by atoms with E-state index in [1.54, 1.807) is 24.4 Å². The predicted molar refractivity (Wildman–Crippen MR) is 84.8 cm³/mol. The number of hydrogen-bond acceptors (Lipinski definition) is 5. The van der Waals surface area contributed by atoms with Crippen molar-refractivity contribution in [1.82, 2.24) is 9.71 Å². The van der Waals surface area contributed by atoms with E-state index in [4.69, 9.17) is 5.73 Å². The number of thiazole rings is 1. The van der Waals surface area contributed by atoms with E-state index < -0.39 is 10.0 Å². The highest BCUT2D eigenvalue weighted by atomic mass is 32.2. The highest BCUT2D eigenvalue weighted by Crippen LogP contribution is 2.19. The number of rotatable bonds is 6. The zero-order valence-electron chi connectivity index (χ0n) is 12.0. The van der Waals surface area contributed by atoms with Crippen molar-refractivity contribution in [3.63, 3.8) is 0 Å². The van der Waals surface area contributed by atoms with Gasteiger partial charge in [0.05, 0.1) is 9.90 Å². The molecule has 1 aromatic heterocycles. The number of nitrogens with zero attached hydrogens (tertiary/aromatic N) is 1. The summed E-state index contributed by atoms with van der Waals surface area (Å²) in [5.41, 5.74) is 6.59. The molecular weight excluding hydrogens is 306 g/mol. The minimum atomic E-state index is -3.53. The van der Waals surface area contributed by atoms with Gasteiger partial charge in [0.15, 0.2) is 0 Å². The van der Waals surface area contributed by atoms with Gasteiger partial charge in [-0.1, -0.05) is 19.1 Å². The van der Waals surface area contributed by atoms with Crippen LogP contribution in [0.25, 0.3) is 0 Å². The van der Waals surface area contributed by atoms with Gasteiger partial charge in [0, 0.05) is 30.1 Å². The lowest BCUT2D eigenvalue weighted by Crippen LogP contribution is -2.27. The number of nitrogens with one attached hydrogen (secondary N) is 1. The van der Waals surface area contributed by atoms with Crippen molar-refractivity contribution in [3.8, 4) is 0 Å². The summed E-state index contributed by atoms with van der Waals surface area (Å²) in [5, 5.41) is 2.80. The van der Waals surface area contributed by atoms with Crippen molar-refractivity contribution in [3.05, 3.63) is 46.4 Å². The molecule has 2 rings (SSSR count). The van der Waals surface area contributed by atoms with Crippen LogP contribution in [0, 0.1) is 0 Å². The Morgan fingerprint density at radius 1 is 1.38 bits per heavy atom. The molecule has 2 unspecified atom stereocenters. The van der Waals surface area contributed by atoms with E-state index in [9.17, 15) is 8.42 Å². The van der Waals surface area contributed by atoms with Crippen LogP contribution in [0.4, 0.5) is 0 Å². The molecule has 21 heavy (non-hydrogen) atoms. The van der Waals surface area contributed by atoms with E-state index in [2.05, 4.69) is 9.71 Å². The van der Waals surface area contributed by atoms with Crippen LogP contribution < -0.4 is 10.5 Å². The number of nitrogens with two attached hydrogens (primary N) is 1. The molecule has 0 amide bonds. The summed E-state index contributed by atoms with van der Waals surface area (Å²) < 4.78 is 27.3. The molecule has 2 atom stereocenters. The Balaban J connectivity index is 2.10. The highest BCUT2D eigenvalue weighted by molar-refractivity contribution is 7.89. The van der Waals surface area contributed by atoms with Gasteiger partial charge < -0.3 is 5.73 Å². The van der Waals surface area contributed by atoms with Crippen molar-refractivity contribution >= 4 is 21.4 Å². The molecule has 3 N–H and O–H groups in total. The second-order valence-electron chi connectivity index (χ2n) is 4.98. The first-order valence-electron chi connectivity index (χ1n) is 6.65. The van der Waals surface area contributed by atoms with E-state index in [1.165, 1.54) is 11.3 Å². The Labute approximate surface area is 129 Å². The quantitative estimate of drug-likeness (QED) is 0.853. The molecule has 0 saturated carbocycles. The summed E-state index contributed by atoms with van der Waals surface area (Å²) in [6.07, 6.45) is 1.72. The number of sulfonamides is 1. The largest absolute Gasteiger partial charge is 0.324 e. The Morgan fingerprint density at radius 2 is 2.14 bits per heavy atom. The molecule has 0 bridgehead atoms. The third-order valence-electron chi connectivity index (χ3n) is 3.15. The van der Waals surface area contributed by atoms with E-state index in [1.807, 2.05) is 25.3 Å². The van der Waals surface area contributed by atoms with Crippen molar-refractivity contribution in [1.29, 1.82) is 0 Å². The summed E-state index contributed by atoms with van der Waals surface area (Å²) >= 11 is 1.52. The second-order valence-corrected chi connectivity index (χ2v) is 7.68. The monoisotopic (exact) mass is 325 g/mol. The third kappa shape index (κ3) is 4.10. The molecule has 0 radical (unpaired) electrons. The molecule has 7 heteroatoms. The molecule has 1 aromatic carbocycles. The van der Waals surface area contributed by atoms with E-state index >= 15 is 0 Å². The Morgan fingerprint density at radius 3 is 2.76 bits per heavy atom. The molecule has 0 aliphatic rings. The molecule has 5 nitrogen and oxygen atoms in total. The van der Waals surface area contributed by atoms with Crippen LogP contribution >= 0.6 is 11.3 Å². The van der Waals surface area contributed by atoms with Crippen LogP contribution in [0.5, 0.6) is 0 Å². The minimum absolute atomic E-state index is 0.0383. The van der Waals surface area contributed by atoms with Gasteiger partial charge >= 0.3 is 0 Å². The predicted octanol–water partition coefficient (Wildman–Crippen LogP) is 2.24. The molecule has 0 aliphatic heterocycles. The molecule has 2 aromatic rings. The standard InChI is InChI=1S/C14H19N3O2S2/c1-10(14-16-6-7-20-14)9-17-21(18,19)13-5-3-4-12(8-13)11(2)15/h3-8,10-11,17H,9,15H2,1-2H3. The van der Waals surface area contributed by atoms with E-state index in [0.29, 0.717) is 6.54 Å². The second kappa shape index (κ2) is 6.65. The Hall–Kier alpha value is -1.28. The zero-order valence-corrected chi connectivity index (χ0v) is 13.6. The van der Waals surface area contributed by atoms with Crippen molar-refractivity contribution < 1.29 is 8.42 Å². The van der Waals surface area contributed by atoms with Gasteiger partial charge in [-0.25, -0.2) is 18.1 Å². The lowest BCUT2D eigenvalue weighted by molar-refractivity contribution is 0.574. The summed E-state index contributed by atoms with van der Waals surface area (Å²) in [7, 11) is -3.53. The maximum absolute atomic E-state index is 12.3. The maximum atomic E-state index is 12.3. The smallest absolute Gasteiger partial charge is 0.240 e. The first-order valence-corrected chi connectivity index (χ1v) is 9.01. The molecule has 114 valence electrons. The van der Waals surface area contributed by atoms with Crippen molar-refractivity contribution in [2.24, 2.45) is 5.73 Å². The van der Waals surface area contributed by atoms with Crippen molar-refractivity contribution in [2.45, 2.75) is 30.7 Å². The van der Waals surface area contributed by atoms with Gasteiger partial charge in [0.2, 0.25) is 10.0 Å². The SMILES string of the molecule is CC(N)c1cccc(S(=O)(=O)NCC(C)c2nccs2)c1. The van der Waals surface area contributed by atoms with E-state index in [-0.39, 0.29) is 16.9 Å². The summed E-state index contributed by atoms with van der Waals surface area (Å²) in [6.45, 7) is 4.09. The summed E-state index contributed by atoms with van der Waals surface area (Å²) in [5.74, 6) is 0.0383. The van der Waals surface area contributed by atoms with Gasteiger partial charge in [-0.3, -0.25) is 0 Å². The molecule has 0 saturated heterocycles. The van der Waals surface area contributed by atoms with Gasteiger partial charge in [-0.05, 0) is 24.6 Å². The fourth-order valence-electron chi connectivity index (χ4n) is 1.85. The zero-order chi connectivity index (χ0) is 15.5. The molecule has 1 heterocycles. The average molecular weight is 325 g/mol. The van der Waals surface area contributed by atoms with Gasteiger partial charge in [-0.15, -0.1) is 11.3 Å². The lowest BCUT2D eigenvalue weighted by Gasteiger charge is -2.12. The number of aromatic nitrogens is 1. The van der Waals surface area contributed by atoms with Gasteiger partial charge in [-0.2, -0.15) is 0 Å². The minimum Gasteiger partial charge on any atom is -0.324 e. The van der Waals surface area contributed by atoms with Gasteiger partial charge in [0.25, 0.3) is 0 Å². The average Bonchev–Trinajstić information content (AvgIpc) is 2.99. The van der Waals surface area contributed by atoms with Crippen LogP contribution in [0.15, 0.2) is 40.7 Å². The summed E-state index contributed by atoms with van der Waals surface area (Å²) in [6, 6.07) is 6.51. The van der Waals surface area contributed by atoms with Crippen LogP contribution in [-0.4, -0.2) is 19.9 Å². The molecular formula is C14H19N3O2S2. The number of benzene rings is 1. The third-order valence-corrected chi connectivity index (χ3v) is 5.58. The van der Waals surface area contributed by atoms with Crippen LogP contribution in [-0.2, 0) is 10.0 Å². The van der Waals surface area contributed by atoms with E-state index in [0.717, 1.165) is 10.6 Å². The fourth-order valence-corrected chi connectivity index (χ4v) is 3.73. The van der Waals surface area contributed by atoms with Crippen LogP contribution in [0.3, 0.4) is 0 Å². The maximum Gasteiger partial charge on any atom is 0.240 e. The number of hydrogen-bond donors (Lipinski definition) is 2. The topological polar surface area (TPSA) is 85.1 Å². The first kappa shape index (κ1) is 16.1.